The van der Waals surface area contributed by atoms with Gasteiger partial charge >= 0.3 is 5.97 Å². The first-order valence-electron chi connectivity index (χ1n) is 13.1. The Balaban J connectivity index is 1.41. The van der Waals surface area contributed by atoms with E-state index in [9.17, 15) is 9.59 Å². The third-order valence-electron chi connectivity index (χ3n) is 7.01. The van der Waals surface area contributed by atoms with Crippen LogP contribution in [0.3, 0.4) is 0 Å². The quantitative estimate of drug-likeness (QED) is 0.330. The van der Waals surface area contributed by atoms with Crippen LogP contribution in [0.15, 0.2) is 66.7 Å². The van der Waals surface area contributed by atoms with Gasteiger partial charge in [0.1, 0.15) is 17.2 Å². The Morgan fingerprint density at radius 1 is 0.800 bits per heavy atom. The summed E-state index contributed by atoms with van der Waals surface area (Å²) in [5.41, 5.74) is 2.97. The predicted molar refractivity (Wildman–Crippen MR) is 150 cm³/mol. The summed E-state index contributed by atoms with van der Waals surface area (Å²) >= 11 is 0. The van der Waals surface area contributed by atoms with Crippen molar-refractivity contribution in [2.45, 2.75) is 12.7 Å². The number of nitrogens with zero attached hydrogens (tertiary/aromatic N) is 2. The number of esters is 1. The van der Waals surface area contributed by atoms with E-state index in [4.69, 9.17) is 23.7 Å². The van der Waals surface area contributed by atoms with Crippen LogP contribution < -0.4 is 14.2 Å². The molecule has 0 radical (unpaired) electrons. The largest absolute Gasteiger partial charge is 0.497 e. The molecule has 212 valence electrons. The predicted octanol–water partition coefficient (Wildman–Crippen LogP) is 4.21. The van der Waals surface area contributed by atoms with Crippen molar-refractivity contribution in [3.05, 3.63) is 89.0 Å². The average molecular weight is 549 g/mol. The Morgan fingerprint density at radius 2 is 1.50 bits per heavy atom. The zero-order chi connectivity index (χ0) is 28.5. The number of amides is 1. The molecule has 9 nitrogen and oxygen atoms in total. The molecule has 1 amide bonds. The second-order valence-electron chi connectivity index (χ2n) is 9.42. The molecule has 0 N–H and O–H groups in total. The lowest BCUT2D eigenvalue weighted by molar-refractivity contribution is 0.00329. The molecule has 0 unspecified atom stereocenters. The first-order valence-corrected chi connectivity index (χ1v) is 13.1. The van der Waals surface area contributed by atoms with Crippen molar-refractivity contribution in [3.63, 3.8) is 0 Å². The van der Waals surface area contributed by atoms with Crippen LogP contribution in [0.2, 0.25) is 0 Å². The second kappa shape index (κ2) is 13.8. The monoisotopic (exact) mass is 548 g/mol. The molecular weight excluding hydrogens is 512 g/mol. The SMILES string of the molecule is COC(=O)c1ccc(CO[C@@H](CN2CCN(C(=O)c3ccc(OC)cc3OC)CC2)c2cccc(OC)c2)cc1. The van der Waals surface area contributed by atoms with Crippen LogP contribution in [0, 0.1) is 0 Å². The van der Waals surface area contributed by atoms with Crippen molar-refractivity contribution in [3.8, 4) is 17.2 Å². The average Bonchev–Trinajstić information content (AvgIpc) is 3.02. The Hall–Kier alpha value is -4.08. The summed E-state index contributed by atoms with van der Waals surface area (Å²) < 4.78 is 27.3. The van der Waals surface area contributed by atoms with E-state index in [0.717, 1.165) is 16.9 Å². The minimum absolute atomic E-state index is 0.0600. The summed E-state index contributed by atoms with van der Waals surface area (Å²) in [5, 5.41) is 0. The minimum atomic E-state index is -0.371. The number of hydrogen-bond donors (Lipinski definition) is 0. The number of methoxy groups -OCH3 is 4. The molecule has 3 aromatic rings. The Bertz CT molecular complexity index is 1290. The lowest BCUT2D eigenvalue weighted by atomic mass is 10.1. The summed E-state index contributed by atoms with van der Waals surface area (Å²) in [7, 11) is 6.14. The summed E-state index contributed by atoms with van der Waals surface area (Å²) in [6.45, 7) is 3.63. The number of piperazine rings is 1. The van der Waals surface area contributed by atoms with E-state index in [0.29, 0.717) is 62.0 Å². The van der Waals surface area contributed by atoms with Gasteiger partial charge in [0.05, 0.1) is 52.3 Å². The van der Waals surface area contributed by atoms with Gasteiger partial charge in [-0.05, 0) is 47.5 Å². The minimum Gasteiger partial charge on any atom is -0.497 e. The van der Waals surface area contributed by atoms with Crippen LogP contribution in [0.25, 0.3) is 0 Å². The highest BCUT2D eigenvalue weighted by Gasteiger charge is 2.27. The number of hydrogen-bond acceptors (Lipinski definition) is 8. The van der Waals surface area contributed by atoms with E-state index in [1.54, 1.807) is 51.7 Å². The molecule has 0 bridgehead atoms. The van der Waals surface area contributed by atoms with Crippen molar-refractivity contribution in [1.82, 2.24) is 9.80 Å². The number of rotatable bonds is 11. The number of carbonyl (C=O) groups excluding carboxylic acids is 2. The zero-order valence-corrected chi connectivity index (χ0v) is 23.4. The second-order valence-corrected chi connectivity index (χ2v) is 9.42. The zero-order valence-electron chi connectivity index (χ0n) is 23.4. The number of carbonyl (C=O) groups is 2. The molecule has 1 heterocycles. The molecule has 3 aromatic carbocycles. The molecule has 1 atom stereocenters. The Kier molecular flexibility index (Phi) is 9.99. The molecule has 1 fully saturated rings. The molecule has 0 aromatic heterocycles. The molecule has 1 saturated heterocycles. The summed E-state index contributed by atoms with van der Waals surface area (Å²) in [4.78, 5) is 29.2. The van der Waals surface area contributed by atoms with Crippen LogP contribution in [0.1, 0.15) is 37.9 Å². The molecule has 1 aliphatic rings. The van der Waals surface area contributed by atoms with Crippen LogP contribution >= 0.6 is 0 Å². The van der Waals surface area contributed by atoms with E-state index < -0.39 is 0 Å². The molecule has 1 aliphatic heterocycles. The fraction of sp³-hybridized carbons (Fsp3) is 0.355. The van der Waals surface area contributed by atoms with Gasteiger partial charge in [-0.25, -0.2) is 4.79 Å². The topological polar surface area (TPSA) is 86.8 Å². The standard InChI is InChI=1S/C31H36N2O7/c1-36-25-7-5-6-24(18-25)29(40-21-22-8-10-23(11-9-22)31(35)39-4)20-32-14-16-33(17-15-32)30(34)27-13-12-26(37-2)19-28(27)38-3/h5-13,18-19,29H,14-17,20-21H2,1-4H3/t29-/m0/s1. The number of ether oxygens (including phenoxy) is 5. The van der Waals surface area contributed by atoms with Gasteiger partial charge in [-0.2, -0.15) is 0 Å². The fourth-order valence-corrected chi connectivity index (χ4v) is 4.66. The summed E-state index contributed by atoms with van der Waals surface area (Å²) in [6, 6.07) is 20.3. The molecule has 0 aliphatic carbocycles. The molecule has 9 heteroatoms. The Morgan fingerprint density at radius 3 is 2.15 bits per heavy atom. The highest BCUT2D eigenvalue weighted by Crippen LogP contribution is 2.28. The van der Waals surface area contributed by atoms with E-state index in [2.05, 4.69) is 4.90 Å². The maximum Gasteiger partial charge on any atom is 0.337 e. The summed E-state index contributed by atoms with van der Waals surface area (Å²) in [5.74, 6) is 1.47. The first kappa shape index (κ1) is 28.9. The molecule has 40 heavy (non-hydrogen) atoms. The van der Waals surface area contributed by atoms with Crippen LogP contribution in [0.4, 0.5) is 0 Å². The van der Waals surface area contributed by atoms with Gasteiger partial charge < -0.3 is 28.6 Å². The molecule has 4 rings (SSSR count). The van der Waals surface area contributed by atoms with Gasteiger partial charge in [0.25, 0.3) is 5.91 Å². The van der Waals surface area contributed by atoms with Crippen LogP contribution in [-0.2, 0) is 16.1 Å². The Labute approximate surface area is 235 Å². The van der Waals surface area contributed by atoms with Crippen molar-refractivity contribution >= 4 is 11.9 Å². The lowest BCUT2D eigenvalue weighted by Gasteiger charge is -2.36. The number of benzene rings is 3. The van der Waals surface area contributed by atoms with Crippen LogP contribution in [-0.4, -0.2) is 82.8 Å². The smallest absolute Gasteiger partial charge is 0.337 e. The highest BCUT2D eigenvalue weighted by molar-refractivity contribution is 5.97. The van der Waals surface area contributed by atoms with Crippen LogP contribution in [0.5, 0.6) is 17.2 Å². The van der Waals surface area contributed by atoms with E-state index in [1.165, 1.54) is 7.11 Å². The van der Waals surface area contributed by atoms with Gasteiger partial charge in [0, 0.05) is 38.8 Å². The maximum absolute atomic E-state index is 13.3. The van der Waals surface area contributed by atoms with Gasteiger partial charge in [0.15, 0.2) is 0 Å². The third kappa shape index (κ3) is 7.11. The maximum atomic E-state index is 13.3. The highest BCUT2D eigenvalue weighted by atomic mass is 16.5. The molecular formula is C31H36N2O7. The molecule has 0 spiro atoms. The van der Waals surface area contributed by atoms with Gasteiger partial charge in [-0.1, -0.05) is 24.3 Å². The normalized spacial score (nSPS) is 14.3. The third-order valence-corrected chi connectivity index (χ3v) is 7.01. The summed E-state index contributed by atoms with van der Waals surface area (Å²) in [6.07, 6.45) is -0.223. The fourth-order valence-electron chi connectivity index (χ4n) is 4.66. The van der Waals surface area contributed by atoms with Crippen molar-refractivity contribution in [1.29, 1.82) is 0 Å². The van der Waals surface area contributed by atoms with E-state index in [-0.39, 0.29) is 18.0 Å². The first-order chi connectivity index (χ1) is 19.4. The van der Waals surface area contributed by atoms with Crippen molar-refractivity contribution < 1.29 is 33.3 Å². The van der Waals surface area contributed by atoms with E-state index in [1.807, 2.05) is 41.3 Å². The molecule has 0 saturated carbocycles. The van der Waals surface area contributed by atoms with Gasteiger partial charge in [-0.15, -0.1) is 0 Å². The van der Waals surface area contributed by atoms with Crippen molar-refractivity contribution in [2.24, 2.45) is 0 Å². The van der Waals surface area contributed by atoms with Crippen molar-refractivity contribution in [2.75, 3.05) is 61.2 Å². The van der Waals surface area contributed by atoms with Gasteiger partial charge in [-0.3, -0.25) is 9.69 Å². The van der Waals surface area contributed by atoms with Gasteiger partial charge in [0.2, 0.25) is 0 Å². The van der Waals surface area contributed by atoms with E-state index >= 15 is 0 Å². The lowest BCUT2D eigenvalue weighted by Crippen LogP contribution is -2.49.